The minimum Gasteiger partial charge on any atom is -0.494 e. The Morgan fingerprint density at radius 2 is 1.82 bits per heavy atom. The molecular weight excluding hydrogens is 518 g/mol. The summed E-state index contributed by atoms with van der Waals surface area (Å²) in [5.74, 6) is 0.303. The summed E-state index contributed by atoms with van der Waals surface area (Å²) >= 11 is 6.16. The molecule has 208 valence electrons. The van der Waals surface area contributed by atoms with Gasteiger partial charge in [0.2, 0.25) is 5.91 Å². The van der Waals surface area contributed by atoms with Crippen LogP contribution in [0.5, 0.6) is 5.75 Å². The van der Waals surface area contributed by atoms with Crippen LogP contribution < -0.4 is 20.3 Å². The first-order valence-corrected chi connectivity index (χ1v) is 14.2. The van der Waals surface area contributed by atoms with Gasteiger partial charge < -0.3 is 19.9 Å². The van der Waals surface area contributed by atoms with Gasteiger partial charge >= 0.3 is 6.03 Å². The van der Waals surface area contributed by atoms with E-state index in [1.807, 2.05) is 35.2 Å². The molecule has 0 aromatic heterocycles. The summed E-state index contributed by atoms with van der Waals surface area (Å²) in [6, 6.07) is 15.0. The Labute approximate surface area is 234 Å². The summed E-state index contributed by atoms with van der Waals surface area (Å²) in [5, 5.41) is 5.47. The molecule has 4 amide bonds. The van der Waals surface area contributed by atoms with E-state index < -0.39 is 18.0 Å². The number of hydrogen-bond donors (Lipinski definition) is 2. The Hall–Kier alpha value is -3.30. The van der Waals surface area contributed by atoms with Crippen molar-refractivity contribution in [3.63, 3.8) is 0 Å². The van der Waals surface area contributed by atoms with Gasteiger partial charge in [-0.05, 0) is 55.2 Å². The van der Waals surface area contributed by atoms with Crippen LogP contribution in [0.2, 0.25) is 5.02 Å². The molecule has 0 spiro atoms. The quantitative estimate of drug-likeness (QED) is 0.462. The van der Waals surface area contributed by atoms with Crippen LogP contribution in [-0.4, -0.2) is 79.1 Å². The molecule has 3 heterocycles. The monoisotopic (exact) mass is 553 g/mol. The van der Waals surface area contributed by atoms with E-state index in [-0.39, 0.29) is 18.4 Å². The predicted octanol–water partition coefficient (Wildman–Crippen LogP) is 3.41. The van der Waals surface area contributed by atoms with Gasteiger partial charge in [0.15, 0.2) is 0 Å². The molecule has 0 saturated carbocycles. The van der Waals surface area contributed by atoms with Crippen LogP contribution in [0.3, 0.4) is 0 Å². The number of ether oxygens (including phenoxy) is 1. The summed E-state index contributed by atoms with van der Waals surface area (Å²) in [5.41, 5.74) is 2.39. The average Bonchev–Trinajstić information content (AvgIpc) is 3.25. The van der Waals surface area contributed by atoms with Gasteiger partial charge in [0.25, 0.3) is 5.91 Å². The molecule has 3 aliphatic heterocycles. The van der Waals surface area contributed by atoms with Gasteiger partial charge in [-0.3, -0.25) is 19.8 Å². The van der Waals surface area contributed by atoms with Crippen molar-refractivity contribution in [2.24, 2.45) is 0 Å². The molecule has 3 aliphatic rings. The molecule has 0 radical (unpaired) electrons. The highest BCUT2D eigenvalue weighted by Gasteiger charge is 2.35. The molecule has 5 rings (SSSR count). The first-order chi connectivity index (χ1) is 18.9. The van der Waals surface area contributed by atoms with Crippen LogP contribution >= 0.6 is 11.6 Å². The van der Waals surface area contributed by atoms with Crippen LogP contribution in [0, 0.1) is 0 Å². The van der Waals surface area contributed by atoms with Crippen molar-refractivity contribution in [3.8, 4) is 5.75 Å². The zero-order valence-corrected chi connectivity index (χ0v) is 22.9. The average molecular weight is 554 g/mol. The number of carbonyl (C=O) groups excluding carboxylic acids is 3. The molecular formula is C29H36ClN5O4. The fourth-order valence-corrected chi connectivity index (χ4v) is 5.85. The van der Waals surface area contributed by atoms with Crippen LogP contribution in [0.4, 0.5) is 10.5 Å². The second kappa shape index (κ2) is 12.7. The van der Waals surface area contributed by atoms with Gasteiger partial charge in [0.1, 0.15) is 11.8 Å². The number of rotatable bonds is 9. The number of carbonyl (C=O) groups is 3. The zero-order chi connectivity index (χ0) is 27.2. The second-order valence-corrected chi connectivity index (χ2v) is 10.9. The summed E-state index contributed by atoms with van der Waals surface area (Å²) in [7, 11) is 0. The molecule has 2 atom stereocenters. The van der Waals surface area contributed by atoms with Crippen molar-refractivity contribution >= 4 is 35.1 Å². The largest absolute Gasteiger partial charge is 0.494 e. The number of halogens is 1. The van der Waals surface area contributed by atoms with Crippen molar-refractivity contribution in [3.05, 3.63) is 59.1 Å². The van der Waals surface area contributed by atoms with Crippen molar-refractivity contribution < 1.29 is 19.1 Å². The number of likely N-dealkylation sites (tertiary alicyclic amines) is 1. The Morgan fingerprint density at radius 1 is 1.00 bits per heavy atom. The lowest BCUT2D eigenvalue weighted by atomic mass is 9.98. The topological polar surface area (TPSA) is 94.2 Å². The highest BCUT2D eigenvalue weighted by Crippen LogP contribution is 2.24. The lowest BCUT2D eigenvalue weighted by molar-refractivity contribution is -0.137. The molecule has 3 saturated heterocycles. The fourth-order valence-electron chi connectivity index (χ4n) is 5.67. The molecule has 0 bridgehead atoms. The Kier molecular flexibility index (Phi) is 8.88. The number of urea groups is 1. The van der Waals surface area contributed by atoms with E-state index >= 15 is 0 Å². The van der Waals surface area contributed by atoms with Crippen LogP contribution in [-0.2, 0) is 16.1 Å². The van der Waals surface area contributed by atoms with Crippen molar-refractivity contribution in [1.29, 1.82) is 0 Å². The lowest BCUT2D eigenvalue weighted by Crippen LogP contribution is -2.47. The molecule has 2 aromatic carbocycles. The fraction of sp³-hybridized carbons (Fsp3) is 0.483. The molecule has 2 aromatic rings. The normalized spacial score (nSPS) is 22.0. The third-order valence-corrected chi connectivity index (χ3v) is 7.99. The third-order valence-electron chi connectivity index (χ3n) is 7.75. The van der Waals surface area contributed by atoms with Gasteiger partial charge in [-0.2, -0.15) is 0 Å². The molecule has 2 N–H and O–H groups in total. The van der Waals surface area contributed by atoms with E-state index in [1.165, 1.54) is 11.3 Å². The second-order valence-electron chi connectivity index (χ2n) is 10.5. The third kappa shape index (κ3) is 7.22. The van der Waals surface area contributed by atoms with E-state index in [0.717, 1.165) is 69.2 Å². The maximum atomic E-state index is 12.9. The number of nitrogens with one attached hydrogen (secondary N) is 2. The first kappa shape index (κ1) is 27.3. The highest BCUT2D eigenvalue weighted by molar-refractivity contribution is 6.30. The van der Waals surface area contributed by atoms with Gasteiger partial charge in [0, 0.05) is 62.4 Å². The van der Waals surface area contributed by atoms with E-state index in [1.54, 1.807) is 0 Å². The zero-order valence-electron chi connectivity index (χ0n) is 22.1. The number of nitrogens with zero attached hydrogens (tertiary/aromatic N) is 3. The number of anilines is 1. The Balaban J connectivity index is 1.08. The lowest BCUT2D eigenvalue weighted by Gasteiger charge is -2.36. The number of benzene rings is 2. The number of piperidine rings is 1. The molecule has 3 fully saturated rings. The molecule has 2 unspecified atom stereocenters. The van der Waals surface area contributed by atoms with Crippen molar-refractivity contribution in [2.45, 2.75) is 50.7 Å². The number of piperazine rings is 1. The van der Waals surface area contributed by atoms with Gasteiger partial charge in [0.05, 0.1) is 13.0 Å². The Bertz CT molecular complexity index is 1190. The maximum Gasteiger partial charge on any atom is 0.322 e. The SMILES string of the molecule is O=C1NC(=O)C(CC(=O)N2CCCCC2CCOc2cccc(CN3CCN(c4cccc(Cl)c4)CC3)c2)N1. The smallest absolute Gasteiger partial charge is 0.322 e. The molecule has 9 nitrogen and oxygen atoms in total. The Morgan fingerprint density at radius 3 is 2.59 bits per heavy atom. The van der Waals surface area contributed by atoms with Gasteiger partial charge in [-0.25, -0.2) is 4.79 Å². The molecule has 0 aliphatic carbocycles. The number of imide groups is 1. The van der Waals surface area contributed by atoms with E-state index in [0.29, 0.717) is 13.2 Å². The first-order valence-electron chi connectivity index (χ1n) is 13.8. The maximum absolute atomic E-state index is 12.9. The van der Waals surface area contributed by atoms with Crippen molar-refractivity contribution in [2.75, 3.05) is 44.2 Å². The standard InChI is InChI=1S/C29H36ClN5O4/c30-22-6-4-8-24(18-22)34-14-12-33(13-15-34)20-21-5-3-9-25(17-21)39-16-10-23-7-1-2-11-35(23)27(36)19-26-28(37)32-29(38)31-26/h3-6,8-9,17-18,23,26H,1-2,7,10-16,19-20H2,(H2,31,32,37,38). The molecule has 10 heteroatoms. The number of amides is 4. The summed E-state index contributed by atoms with van der Waals surface area (Å²) in [4.78, 5) is 42.9. The predicted molar refractivity (Wildman–Crippen MR) is 150 cm³/mol. The van der Waals surface area contributed by atoms with Crippen LogP contribution in [0.15, 0.2) is 48.5 Å². The van der Waals surface area contributed by atoms with Gasteiger partial charge in [-0.15, -0.1) is 0 Å². The van der Waals surface area contributed by atoms with Gasteiger partial charge in [-0.1, -0.05) is 29.8 Å². The highest BCUT2D eigenvalue weighted by atomic mass is 35.5. The number of hydrogen-bond acceptors (Lipinski definition) is 6. The minimum atomic E-state index is -0.786. The van der Waals surface area contributed by atoms with E-state index in [4.69, 9.17) is 16.3 Å². The molecule has 39 heavy (non-hydrogen) atoms. The van der Waals surface area contributed by atoms with Crippen molar-refractivity contribution in [1.82, 2.24) is 20.4 Å². The summed E-state index contributed by atoms with van der Waals surface area (Å²) in [6.07, 6.45) is 3.64. The minimum absolute atomic E-state index is 0.00959. The van der Waals surface area contributed by atoms with E-state index in [9.17, 15) is 14.4 Å². The van der Waals surface area contributed by atoms with E-state index in [2.05, 4.69) is 38.6 Å². The van der Waals surface area contributed by atoms with Crippen LogP contribution in [0.1, 0.15) is 37.7 Å². The summed E-state index contributed by atoms with van der Waals surface area (Å²) in [6.45, 7) is 5.94. The van der Waals surface area contributed by atoms with Crippen LogP contribution in [0.25, 0.3) is 0 Å². The summed E-state index contributed by atoms with van der Waals surface area (Å²) < 4.78 is 6.12.